The van der Waals surface area contributed by atoms with Crippen LogP contribution in [0, 0.1) is 0 Å². The summed E-state index contributed by atoms with van der Waals surface area (Å²) in [6.07, 6.45) is 0.666. The van der Waals surface area contributed by atoms with Gasteiger partial charge < -0.3 is 20.4 Å². The third-order valence-corrected chi connectivity index (χ3v) is 3.29. The lowest BCUT2D eigenvalue weighted by Crippen LogP contribution is -2.20. The van der Waals surface area contributed by atoms with Crippen LogP contribution in [0.2, 0.25) is 0 Å². The highest BCUT2D eigenvalue weighted by atomic mass is 16.5. The van der Waals surface area contributed by atoms with E-state index in [1.54, 1.807) is 0 Å². The summed E-state index contributed by atoms with van der Waals surface area (Å²) >= 11 is 0. The average molecular weight is 279 g/mol. The number of nitrogens with zero attached hydrogens (tertiary/aromatic N) is 3. The summed E-state index contributed by atoms with van der Waals surface area (Å²) in [5.74, 6) is -0.0211. The summed E-state index contributed by atoms with van der Waals surface area (Å²) in [6.45, 7) is 0. The Balaban J connectivity index is 1.99. The Morgan fingerprint density at radius 2 is 2.45 bits per heavy atom. The largest absolute Gasteiger partial charge is 0.390 e. The molecule has 4 N–H and O–H groups in total. The first-order chi connectivity index (χ1) is 9.60. The van der Waals surface area contributed by atoms with E-state index in [4.69, 9.17) is 10.5 Å². The first kappa shape index (κ1) is 12.8. The smallest absolute Gasteiger partial charge is 0.280 e. The number of hydrogen-bond donors (Lipinski definition) is 3. The Kier molecular flexibility index (Phi) is 2.99. The summed E-state index contributed by atoms with van der Waals surface area (Å²) in [5, 5.41) is 9.84. The van der Waals surface area contributed by atoms with Crippen LogP contribution in [0.5, 0.6) is 0 Å². The van der Waals surface area contributed by atoms with Gasteiger partial charge >= 0.3 is 0 Å². The zero-order valence-electron chi connectivity index (χ0n) is 10.4. The fraction of sp³-hybridized carbons (Fsp3) is 0.455. The van der Waals surface area contributed by atoms with Gasteiger partial charge in [-0.2, -0.15) is 4.98 Å². The second-order valence-corrected chi connectivity index (χ2v) is 4.61. The number of carbonyl (C=O) groups is 1. The van der Waals surface area contributed by atoms with Gasteiger partial charge in [-0.1, -0.05) is 0 Å². The average Bonchev–Trinajstić information content (AvgIpc) is 2.94. The van der Waals surface area contributed by atoms with Crippen molar-refractivity contribution < 1.29 is 14.6 Å². The third kappa shape index (κ3) is 1.96. The zero-order valence-corrected chi connectivity index (χ0v) is 10.4. The van der Waals surface area contributed by atoms with Gasteiger partial charge in [0.25, 0.3) is 5.56 Å². The van der Waals surface area contributed by atoms with E-state index in [1.807, 2.05) is 0 Å². The maximum Gasteiger partial charge on any atom is 0.280 e. The molecule has 1 saturated heterocycles. The predicted molar refractivity (Wildman–Crippen MR) is 67.8 cm³/mol. The lowest BCUT2D eigenvalue weighted by Gasteiger charge is -2.13. The van der Waals surface area contributed by atoms with E-state index in [0.717, 1.165) is 0 Å². The number of ether oxygens (including phenoxy) is 1. The molecule has 0 bridgehead atoms. The number of rotatable bonds is 3. The predicted octanol–water partition coefficient (Wildman–Crippen LogP) is -1.06. The number of nitrogen functional groups attached to an aromatic ring is 1. The topological polar surface area (TPSA) is 136 Å². The molecule has 3 atom stereocenters. The maximum atomic E-state index is 11.7. The lowest BCUT2D eigenvalue weighted by atomic mass is 10.1. The van der Waals surface area contributed by atoms with Gasteiger partial charge in [0.1, 0.15) is 12.5 Å². The molecule has 1 aliphatic heterocycles. The van der Waals surface area contributed by atoms with Crippen LogP contribution in [0.15, 0.2) is 11.1 Å². The molecule has 1 fully saturated rings. The van der Waals surface area contributed by atoms with E-state index in [0.29, 0.717) is 12.7 Å². The van der Waals surface area contributed by atoms with Crippen LogP contribution < -0.4 is 11.3 Å². The molecule has 1 aliphatic rings. The van der Waals surface area contributed by atoms with Crippen LogP contribution >= 0.6 is 0 Å². The molecule has 106 valence electrons. The van der Waals surface area contributed by atoms with E-state index in [1.165, 1.54) is 10.9 Å². The SMILES string of the molecule is Nc1nc2c(ncn2[C@H]2C[C@H](O)[C@@H](CC=O)O2)c(=O)[nH]1. The van der Waals surface area contributed by atoms with Crippen LogP contribution in [0.25, 0.3) is 11.2 Å². The Morgan fingerprint density at radius 3 is 3.20 bits per heavy atom. The molecule has 0 aliphatic carbocycles. The standard InChI is InChI=1S/C11H13N5O4/c12-11-14-9-8(10(19)15-11)13-4-16(9)7-3-5(18)6(20-7)1-2-17/h2,4-7,18H,1,3H2,(H3,12,14,15,19)/t5-,6+,7+/m0/s1. The highest BCUT2D eigenvalue weighted by Crippen LogP contribution is 2.31. The second-order valence-electron chi connectivity index (χ2n) is 4.61. The van der Waals surface area contributed by atoms with Crippen LogP contribution in [0.4, 0.5) is 5.95 Å². The van der Waals surface area contributed by atoms with Crippen molar-refractivity contribution in [2.24, 2.45) is 0 Å². The molecule has 20 heavy (non-hydrogen) atoms. The van der Waals surface area contributed by atoms with Gasteiger partial charge in [-0.3, -0.25) is 14.3 Å². The number of nitrogens with two attached hydrogens (primary N) is 1. The molecule has 2 aromatic rings. The highest BCUT2D eigenvalue weighted by Gasteiger charge is 2.35. The van der Waals surface area contributed by atoms with Gasteiger partial charge in [0.2, 0.25) is 5.95 Å². The Bertz CT molecular complexity index is 708. The van der Waals surface area contributed by atoms with Crippen molar-refractivity contribution in [3.8, 4) is 0 Å². The van der Waals surface area contributed by atoms with Crippen LogP contribution in [0.3, 0.4) is 0 Å². The van der Waals surface area contributed by atoms with E-state index in [2.05, 4.69) is 15.0 Å². The fourth-order valence-electron chi connectivity index (χ4n) is 2.35. The summed E-state index contributed by atoms with van der Waals surface area (Å²) in [4.78, 5) is 32.5. The van der Waals surface area contributed by atoms with Crippen molar-refractivity contribution in [2.75, 3.05) is 5.73 Å². The first-order valence-electron chi connectivity index (χ1n) is 6.09. The minimum Gasteiger partial charge on any atom is -0.390 e. The number of fused-ring (bicyclic) bond motifs is 1. The molecular formula is C11H13N5O4. The summed E-state index contributed by atoms with van der Waals surface area (Å²) in [7, 11) is 0. The van der Waals surface area contributed by atoms with Crippen LogP contribution in [-0.4, -0.2) is 43.1 Å². The fourth-order valence-corrected chi connectivity index (χ4v) is 2.35. The molecule has 9 heteroatoms. The lowest BCUT2D eigenvalue weighted by molar-refractivity contribution is -0.112. The van der Waals surface area contributed by atoms with Gasteiger partial charge in [0, 0.05) is 12.8 Å². The minimum absolute atomic E-state index is 0.0211. The van der Waals surface area contributed by atoms with Crippen molar-refractivity contribution in [3.63, 3.8) is 0 Å². The number of aliphatic hydroxyl groups is 1. The van der Waals surface area contributed by atoms with Crippen molar-refractivity contribution >= 4 is 23.4 Å². The number of aldehydes is 1. The van der Waals surface area contributed by atoms with E-state index < -0.39 is 24.0 Å². The number of H-pyrrole nitrogens is 1. The molecule has 3 heterocycles. The van der Waals surface area contributed by atoms with Gasteiger partial charge in [0.15, 0.2) is 11.2 Å². The highest BCUT2D eigenvalue weighted by molar-refractivity contribution is 5.70. The van der Waals surface area contributed by atoms with Crippen molar-refractivity contribution in [2.45, 2.75) is 31.3 Å². The molecule has 0 saturated carbocycles. The maximum absolute atomic E-state index is 11.7. The molecule has 0 unspecified atom stereocenters. The van der Waals surface area contributed by atoms with E-state index in [9.17, 15) is 14.7 Å². The zero-order chi connectivity index (χ0) is 14.3. The molecule has 0 radical (unpaired) electrons. The normalized spacial score (nSPS) is 26.1. The van der Waals surface area contributed by atoms with Crippen LogP contribution in [-0.2, 0) is 9.53 Å². The quantitative estimate of drug-likeness (QED) is 0.609. The van der Waals surface area contributed by atoms with Crippen LogP contribution in [0.1, 0.15) is 19.1 Å². The molecule has 0 amide bonds. The Labute approximate surface area is 112 Å². The molecule has 9 nitrogen and oxygen atoms in total. The summed E-state index contributed by atoms with van der Waals surface area (Å²) in [6, 6.07) is 0. The minimum atomic E-state index is -0.748. The van der Waals surface area contributed by atoms with Gasteiger partial charge in [0.05, 0.1) is 18.5 Å². The number of imidazole rings is 1. The summed E-state index contributed by atoms with van der Waals surface area (Å²) < 4.78 is 7.13. The van der Waals surface area contributed by atoms with Gasteiger partial charge in [-0.25, -0.2) is 4.98 Å². The van der Waals surface area contributed by atoms with Crippen molar-refractivity contribution in [3.05, 3.63) is 16.7 Å². The molecule has 2 aromatic heterocycles. The first-order valence-corrected chi connectivity index (χ1v) is 6.09. The number of anilines is 1. The molecule has 0 aromatic carbocycles. The molecular weight excluding hydrogens is 266 g/mol. The van der Waals surface area contributed by atoms with Gasteiger partial charge in [-0.05, 0) is 0 Å². The third-order valence-electron chi connectivity index (χ3n) is 3.29. The Hall–Kier alpha value is -2.26. The number of carbonyl (C=O) groups excluding carboxylic acids is 1. The number of nitrogens with one attached hydrogen (secondary N) is 1. The van der Waals surface area contributed by atoms with Crippen molar-refractivity contribution in [1.82, 2.24) is 19.5 Å². The van der Waals surface area contributed by atoms with E-state index >= 15 is 0 Å². The molecule has 3 rings (SSSR count). The Morgan fingerprint density at radius 1 is 1.65 bits per heavy atom. The number of aromatic amines is 1. The van der Waals surface area contributed by atoms with Gasteiger partial charge in [-0.15, -0.1) is 0 Å². The molecule has 0 spiro atoms. The monoisotopic (exact) mass is 279 g/mol. The number of aliphatic hydroxyl groups excluding tert-OH is 1. The van der Waals surface area contributed by atoms with Crippen molar-refractivity contribution in [1.29, 1.82) is 0 Å². The number of hydrogen-bond acceptors (Lipinski definition) is 7. The van der Waals surface area contributed by atoms with E-state index in [-0.39, 0.29) is 23.5 Å². The second kappa shape index (κ2) is 4.69. The summed E-state index contributed by atoms with van der Waals surface area (Å²) in [5.41, 5.74) is 5.51. The number of aromatic nitrogens is 4.